The van der Waals surface area contributed by atoms with Crippen LogP contribution in [0, 0.1) is 10.1 Å². The number of nitrogens with zero attached hydrogens (tertiary/aromatic N) is 3. The van der Waals surface area contributed by atoms with Crippen LogP contribution in [-0.4, -0.2) is 20.6 Å². The van der Waals surface area contributed by atoms with Gasteiger partial charge in [0, 0.05) is 22.7 Å². The lowest BCUT2D eigenvalue weighted by Gasteiger charge is -1.97. The molecule has 0 saturated heterocycles. The van der Waals surface area contributed by atoms with E-state index in [1.807, 2.05) is 29.7 Å². The second-order valence-corrected chi connectivity index (χ2v) is 5.57. The first-order valence-electron chi connectivity index (χ1n) is 6.50. The first-order chi connectivity index (χ1) is 10.6. The highest BCUT2D eigenvalue weighted by Crippen LogP contribution is 2.19. The van der Waals surface area contributed by atoms with Crippen LogP contribution in [0.3, 0.4) is 0 Å². The van der Waals surface area contributed by atoms with Crippen molar-refractivity contribution < 1.29 is 9.72 Å². The molecule has 2 aromatic heterocycles. The van der Waals surface area contributed by atoms with Crippen molar-refractivity contribution in [1.29, 1.82) is 0 Å². The molecule has 0 unspecified atom stereocenters. The molecule has 0 aliphatic heterocycles. The number of aromatic nitrogens is 2. The van der Waals surface area contributed by atoms with Gasteiger partial charge in [-0.3, -0.25) is 14.9 Å². The Kier molecular flexibility index (Phi) is 3.80. The van der Waals surface area contributed by atoms with Crippen molar-refractivity contribution in [3.63, 3.8) is 0 Å². The van der Waals surface area contributed by atoms with E-state index in [4.69, 9.17) is 0 Å². The number of nitro groups is 1. The van der Waals surface area contributed by atoms with Crippen LogP contribution < -0.4 is 0 Å². The zero-order valence-corrected chi connectivity index (χ0v) is 12.2. The van der Waals surface area contributed by atoms with E-state index in [0.29, 0.717) is 11.3 Å². The molecule has 2 aromatic rings. The highest BCUT2D eigenvalue weighted by atomic mass is 32.1. The van der Waals surface area contributed by atoms with Crippen LogP contribution in [0.4, 0.5) is 0 Å². The molecule has 6 nitrogen and oxygen atoms in total. The van der Waals surface area contributed by atoms with Crippen LogP contribution in [0.2, 0.25) is 0 Å². The second-order valence-electron chi connectivity index (χ2n) is 4.60. The van der Waals surface area contributed by atoms with Crippen LogP contribution in [0.5, 0.6) is 0 Å². The van der Waals surface area contributed by atoms with Crippen LogP contribution in [0.15, 0.2) is 53.2 Å². The Hall–Kier alpha value is -2.80. The fourth-order valence-corrected chi connectivity index (χ4v) is 2.63. The van der Waals surface area contributed by atoms with Gasteiger partial charge in [-0.05, 0) is 29.7 Å². The Morgan fingerprint density at radius 3 is 2.95 bits per heavy atom. The monoisotopic (exact) mass is 313 g/mol. The molecule has 2 heterocycles. The smallest absolute Gasteiger partial charge is 0.267 e. The van der Waals surface area contributed by atoms with Crippen molar-refractivity contribution in [1.82, 2.24) is 9.78 Å². The normalized spacial score (nSPS) is 14.2. The second kappa shape index (κ2) is 5.90. The maximum atomic E-state index is 12.2. The fourth-order valence-electron chi connectivity index (χ4n) is 2.01. The largest absolute Gasteiger partial charge is 0.278 e. The molecule has 1 aliphatic carbocycles. The summed E-state index contributed by atoms with van der Waals surface area (Å²) in [5.41, 5.74) is 0.968. The van der Waals surface area contributed by atoms with Crippen LogP contribution >= 0.6 is 11.3 Å². The predicted molar refractivity (Wildman–Crippen MR) is 83.9 cm³/mol. The quantitative estimate of drug-likeness (QED) is 0.641. The molecule has 0 amide bonds. The van der Waals surface area contributed by atoms with E-state index in [-0.39, 0.29) is 18.0 Å². The highest BCUT2D eigenvalue weighted by Gasteiger charge is 2.22. The van der Waals surface area contributed by atoms with Gasteiger partial charge in [0.15, 0.2) is 0 Å². The molecule has 0 radical (unpaired) electrons. The number of rotatable bonds is 4. The molecule has 3 rings (SSSR count). The summed E-state index contributed by atoms with van der Waals surface area (Å²) in [6.07, 6.45) is 8.29. The molecule has 0 N–H and O–H groups in total. The number of carbonyl (C=O) groups is 1. The molecule has 0 fully saturated rings. The van der Waals surface area contributed by atoms with Gasteiger partial charge in [0.05, 0.1) is 17.0 Å². The Bertz CT molecular complexity index is 813. The van der Waals surface area contributed by atoms with Crippen LogP contribution in [0.25, 0.3) is 12.2 Å². The Labute approximate surface area is 129 Å². The third-order valence-corrected chi connectivity index (χ3v) is 3.95. The van der Waals surface area contributed by atoms with Crippen LogP contribution in [-0.2, 0) is 0 Å². The van der Waals surface area contributed by atoms with Crippen molar-refractivity contribution in [3.8, 4) is 0 Å². The zero-order chi connectivity index (χ0) is 15.5. The van der Waals surface area contributed by atoms with Crippen molar-refractivity contribution in [2.45, 2.75) is 6.42 Å². The van der Waals surface area contributed by atoms with Crippen LogP contribution in [0.1, 0.15) is 21.8 Å². The standard InChI is InChI=1S/C15H11N3O3S/c19-15(11-3-5-13(10-11)18(20)21)17-8-7-12(16-17)4-6-14-2-1-9-22-14/h1-4,6-10H,5H2. The van der Waals surface area contributed by atoms with E-state index in [1.165, 1.54) is 10.8 Å². The Balaban J connectivity index is 1.74. The summed E-state index contributed by atoms with van der Waals surface area (Å²) >= 11 is 1.61. The molecule has 0 aromatic carbocycles. The molecule has 7 heteroatoms. The molecule has 0 atom stereocenters. The molecule has 1 aliphatic rings. The lowest BCUT2D eigenvalue weighted by Crippen LogP contribution is -2.12. The third kappa shape index (κ3) is 2.94. The molecule has 110 valence electrons. The van der Waals surface area contributed by atoms with Gasteiger partial charge in [-0.2, -0.15) is 5.10 Å². The molecular weight excluding hydrogens is 302 g/mol. The van der Waals surface area contributed by atoms with Gasteiger partial charge in [-0.15, -0.1) is 11.3 Å². The minimum atomic E-state index is -0.477. The molecule has 0 spiro atoms. The van der Waals surface area contributed by atoms with Gasteiger partial charge < -0.3 is 0 Å². The maximum absolute atomic E-state index is 12.2. The molecule has 22 heavy (non-hydrogen) atoms. The van der Waals surface area contributed by atoms with Crippen molar-refractivity contribution in [2.24, 2.45) is 0 Å². The summed E-state index contributed by atoms with van der Waals surface area (Å²) in [7, 11) is 0. The summed E-state index contributed by atoms with van der Waals surface area (Å²) < 4.78 is 1.19. The van der Waals surface area contributed by atoms with E-state index in [9.17, 15) is 14.9 Å². The van der Waals surface area contributed by atoms with Gasteiger partial charge in [0.25, 0.3) is 11.6 Å². The van der Waals surface area contributed by atoms with Crippen molar-refractivity contribution >= 4 is 29.4 Å². The zero-order valence-electron chi connectivity index (χ0n) is 11.4. The van der Waals surface area contributed by atoms with E-state index < -0.39 is 4.92 Å². The fraction of sp³-hybridized carbons (Fsp3) is 0.0667. The first-order valence-corrected chi connectivity index (χ1v) is 7.38. The first kappa shape index (κ1) is 14.2. The summed E-state index contributed by atoms with van der Waals surface area (Å²) in [6.45, 7) is 0. The van der Waals surface area contributed by atoms with E-state index in [0.717, 1.165) is 4.88 Å². The van der Waals surface area contributed by atoms with Crippen molar-refractivity contribution in [2.75, 3.05) is 0 Å². The van der Waals surface area contributed by atoms with Crippen molar-refractivity contribution in [3.05, 3.63) is 73.9 Å². The number of allylic oxidation sites excluding steroid dienone is 3. The summed E-state index contributed by atoms with van der Waals surface area (Å²) in [4.78, 5) is 23.5. The van der Waals surface area contributed by atoms with Gasteiger partial charge in [0.1, 0.15) is 0 Å². The van der Waals surface area contributed by atoms with Gasteiger partial charge >= 0.3 is 0 Å². The maximum Gasteiger partial charge on any atom is 0.278 e. The minimum absolute atomic E-state index is 0.0216. The number of carbonyl (C=O) groups excluding carboxylic acids is 1. The highest BCUT2D eigenvalue weighted by molar-refractivity contribution is 7.10. The molecule has 0 bridgehead atoms. The molecule has 0 saturated carbocycles. The number of hydrogen-bond acceptors (Lipinski definition) is 5. The number of hydrogen-bond donors (Lipinski definition) is 0. The minimum Gasteiger partial charge on any atom is -0.267 e. The Morgan fingerprint density at radius 2 is 2.27 bits per heavy atom. The topological polar surface area (TPSA) is 78.0 Å². The Morgan fingerprint density at radius 1 is 1.41 bits per heavy atom. The average molecular weight is 313 g/mol. The lowest BCUT2D eigenvalue weighted by atomic mass is 10.3. The van der Waals surface area contributed by atoms with Gasteiger partial charge in [0.2, 0.25) is 0 Å². The molecular formula is C15H11N3O3S. The van der Waals surface area contributed by atoms with Gasteiger partial charge in [-0.25, -0.2) is 4.68 Å². The lowest BCUT2D eigenvalue weighted by molar-refractivity contribution is -0.426. The average Bonchev–Trinajstić information content (AvgIpc) is 3.24. The van der Waals surface area contributed by atoms with E-state index in [1.54, 1.807) is 29.7 Å². The van der Waals surface area contributed by atoms with E-state index in [2.05, 4.69) is 5.10 Å². The third-order valence-electron chi connectivity index (χ3n) is 3.11. The summed E-state index contributed by atoms with van der Waals surface area (Å²) in [5, 5.41) is 16.8. The predicted octanol–water partition coefficient (Wildman–Crippen LogP) is 3.25. The summed E-state index contributed by atoms with van der Waals surface area (Å²) in [5.74, 6) is -0.368. The van der Waals surface area contributed by atoms with Gasteiger partial charge in [-0.1, -0.05) is 12.1 Å². The number of thiophene rings is 1. The SMILES string of the molecule is O=C(C1=CCC([N+](=O)[O-])=C1)n1ccc(C=Cc2cccs2)n1. The summed E-state index contributed by atoms with van der Waals surface area (Å²) in [6, 6.07) is 5.66. The van der Waals surface area contributed by atoms with E-state index >= 15 is 0 Å².